The molecule has 4 aromatic rings. The number of hydrogen-bond acceptors (Lipinski definition) is 7. The Hall–Kier alpha value is -4.67. The van der Waals surface area contributed by atoms with E-state index in [2.05, 4.69) is 20.7 Å². The van der Waals surface area contributed by atoms with Crippen molar-refractivity contribution in [1.82, 2.24) is 30.3 Å². The molecule has 0 aliphatic carbocycles. The number of carbonyl (C=O) groups is 3. The molecule has 11 nitrogen and oxygen atoms in total. The number of fused-ring (bicyclic) bond motifs is 2. The van der Waals surface area contributed by atoms with E-state index < -0.39 is 17.5 Å². The number of amides is 4. The van der Waals surface area contributed by atoms with Gasteiger partial charge in [0.2, 0.25) is 0 Å². The molecule has 0 bridgehead atoms. The minimum Gasteiger partial charge on any atom is -0.497 e. The maximum absolute atomic E-state index is 13.2. The van der Waals surface area contributed by atoms with Crippen molar-refractivity contribution in [2.45, 2.75) is 25.9 Å². The molecule has 1 fully saturated rings. The van der Waals surface area contributed by atoms with Gasteiger partial charge in [-0.05, 0) is 37.6 Å². The number of carbonyl (C=O) groups excluding carboxylic acids is 3. The molecule has 11 heteroatoms. The second-order valence-electron chi connectivity index (χ2n) is 9.39. The van der Waals surface area contributed by atoms with Crippen molar-refractivity contribution in [3.05, 3.63) is 64.8 Å². The number of methoxy groups -OCH3 is 1. The van der Waals surface area contributed by atoms with Crippen molar-refractivity contribution in [3.8, 4) is 17.0 Å². The maximum atomic E-state index is 13.2. The Morgan fingerprint density at radius 2 is 1.97 bits per heavy atom. The molecule has 0 unspecified atom stereocenters. The third kappa shape index (κ3) is 3.38. The Bertz CT molecular complexity index is 1640. The van der Waals surface area contributed by atoms with Crippen LogP contribution in [0.1, 0.15) is 33.1 Å². The zero-order valence-electron chi connectivity index (χ0n) is 20.7. The quantitative estimate of drug-likeness (QED) is 0.403. The fourth-order valence-electron chi connectivity index (χ4n) is 5.16. The molecule has 0 radical (unpaired) electrons. The molecule has 6 rings (SSSR count). The van der Waals surface area contributed by atoms with Gasteiger partial charge in [0, 0.05) is 48.1 Å². The lowest BCUT2D eigenvalue weighted by atomic mass is 9.95. The first kappa shape index (κ1) is 22.8. The number of furan rings is 1. The summed E-state index contributed by atoms with van der Waals surface area (Å²) >= 11 is 0. The lowest BCUT2D eigenvalue weighted by Crippen LogP contribution is -2.52. The Morgan fingerprint density at radius 3 is 2.65 bits per heavy atom. The van der Waals surface area contributed by atoms with Crippen molar-refractivity contribution < 1.29 is 23.5 Å². The summed E-state index contributed by atoms with van der Waals surface area (Å²) in [5.74, 6) is -0.0733. The van der Waals surface area contributed by atoms with Crippen molar-refractivity contribution in [1.29, 1.82) is 0 Å². The van der Waals surface area contributed by atoms with Gasteiger partial charge < -0.3 is 19.4 Å². The van der Waals surface area contributed by atoms with Crippen LogP contribution in [0.2, 0.25) is 0 Å². The van der Waals surface area contributed by atoms with E-state index in [0.29, 0.717) is 28.0 Å². The SMILES string of the molecule is COc1ccc2c(c1)C(=O)N(C[C@@]1(c3cc4cnc(-c5c(C)nn(C)c5C)cc4o3)NC(=O)NC1=O)C2. The molecule has 1 saturated heterocycles. The minimum absolute atomic E-state index is 0.110. The van der Waals surface area contributed by atoms with Gasteiger partial charge in [0.15, 0.2) is 5.54 Å². The summed E-state index contributed by atoms with van der Waals surface area (Å²) in [6, 6.07) is 8.09. The van der Waals surface area contributed by atoms with Crippen LogP contribution in [-0.2, 0) is 23.9 Å². The molecule has 1 atom stereocenters. The number of aromatic nitrogens is 3. The summed E-state index contributed by atoms with van der Waals surface area (Å²) < 4.78 is 13.2. The fraction of sp³-hybridized carbons (Fsp3) is 0.269. The average molecular weight is 501 g/mol. The van der Waals surface area contributed by atoms with Crippen LogP contribution in [0, 0.1) is 13.8 Å². The van der Waals surface area contributed by atoms with Crippen LogP contribution in [0.15, 0.2) is 40.9 Å². The number of hydrogen-bond donors (Lipinski definition) is 2. The number of benzene rings is 1. The van der Waals surface area contributed by atoms with E-state index >= 15 is 0 Å². The van der Waals surface area contributed by atoms with E-state index in [1.165, 1.54) is 12.0 Å². The number of imide groups is 1. The number of rotatable bonds is 5. The minimum atomic E-state index is -1.60. The van der Waals surface area contributed by atoms with Gasteiger partial charge >= 0.3 is 6.03 Å². The van der Waals surface area contributed by atoms with E-state index in [-0.39, 0.29) is 24.8 Å². The van der Waals surface area contributed by atoms with Gasteiger partial charge in [0.1, 0.15) is 17.1 Å². The van der Waals surface area contributed by atoms with Gasteiger partial charge in [-0.3, -0.25) is 24.6 Å². The number of aryl methyl sites for hydroxylation is 2. The van der Waals surface area contributed by atoms with Crippen LogP contribution in [0.25, 0.3) is 22.2 Å². The van der Waals surface area contributed by atoms with Crippen molar-refractivity contribution in [2.75, 3.05) is 13.7 Å². The van der Waals surface area contributed by atoms with Crippen molar-refractivity contribution in [3.63, 3.8) is 0 Å². The van der Waals surface area contributed by atoms with Crippen LogP contribution in [-0.4, -0.2) is 51.2 Å². The first-order valence-corrected chi connectivity index (χ1v) is 11.7. The number of pyridine rings is 1. The molecule has 0 saturated carbocycles. The van der Waals surface area contributed by atoms with Gasteiger partial charge in [0.05, 0.1) is 25.0 Å². The molecular formula is C26H24N6O5. The summed E-state index contributed by atoms with van der Waals surface area (Å²) in [5, 5.41) is 10.1. The third-order valence-electron chi connectivity index (χ3n) is 7.15. The highest BCUT2D eigenvalue weighted by molar-refractivity contribution is 6.08. The number of urea groups is 1. The van der Waals surface area contributed by atoms with E-state index in [9.17, 15) is 14.4 Å². The van der Waals surface area contributed by atoms with Crippen LogP contribution in [0.3, 0.4) is 0 Å². The van der Waals surface area contributed by atoms with E-state index in [1.54, 1.807) is 35.1 Å². The maximum Gasteiger partial charge on any atom is 0.322 e. The lowest BCUT2D eigenvalue weighted by molar-refractivity contribution is -0.125. The Kier molecular flexibility index (Phi) is 4.87. The topological polar surface area (TPSA) is 132 Å². The smallest absolute Gasteiger partial charge is 0.322 e. The molecule has 2 N–H and O–H groups in total. The van der Waals surface area contributed by atoms with Gasteiger partial charge in [-0.1, -0.05) is 6.07 Å². The van der Waals surface area contributed by atoms with E-state index in [4.69, 9.17) is 9.15 Å². The van der Waals surface area contributed by atoms with Crippen LogP contribution in [0.4, 0.5) is 4.79 Å². The van der Waals surface area contributed by atoms with Crippen LogP contribution in [0.5, 0.6) is 5.75 Å². The first-order chi connectivity index (χ1) is 17.7. The second kappa shape index (κ2) is 7.92. The third-order valence-corrected chi connectivity index (χ3v) is 7.15. The average Bonchev–Trinajstić information content (AvgIpc) is 3.58. The highest BCUT2D eigenvalue weighted by atomic mass is 16.5. The standard InChI is InChI=1S/C26H24N6O5/c1-13-22(14(2)31(3)30-13)19-9-20-16(10-27-19)7-21(37-20)26(24(34)28-25(35)29-26)12-32-11-15-5-6-17(36-4)8-18(15)23(32)33/h5-10H,11-12H2,1-4H3,(H2,28,29,34,35)/t26-/m0/s1. The Morgan fingerprint density at radius 1 is 1.16 bits per heavy atom. The van der Waals surface area contributed by atoms with E-state index in [1.807, 2.05) is 27.0 Å². The predicted molar refractivity (Wildman–Crippen MR) is 132 cm³/mol. The number of ether oxygens (including phenoxy) is 1. The lowest BCUT2D eigenvalue weighted by Gasteiger charge is -2.29. The number of nitrogens with one attached hydrogen (secondary N) is 2. The Labute approximate surface area is 211 Å². The van der Waals surface area contributed by atoms with Gasteiger partial charge in [-0.2, -0.15) is 5.10 Å². The molecule has 3 aromatic heterocycles. The molecule has 2 aliphatic rings. The highest BCUT2D eigenvalue weighted by Gasteiger charge is 2.53. The highest BCUT2D eigenvalue weighted by Crippen LogP contribution is 2.36. The molecule has 5 heterocycles. The molecular weight excluding hydrogens is 476 g/mol. The molecule has 2 aliphatic heterocycles. The zero-order valence-corrected chi connectivity index (χ0v) is 20.7. The summed E-state index contributed by atoms with van der Waals surface area (Å²) in [6.07, 6.45) is 1.66. The van der Waals surface area contributed by atoms with Crippen molar-refractivity contribution in [2.24, 2.45) is 7.05 Å². The zero-order chi connectivity index (χ0) is 26.1. The largest absolute Gasteiger partial charge is 0.497 e. The normalized spacial score (nSPS) is 18.9. The van der Waals surface area contributed by atoms with Gasteiger partial charge in [-0.15, -0.1) is 0 Å². The molecule has 1 aromatic carbocycles. The van der Waals surface area contributed by atoms with Gasteiger partial charge in [-0.25, -0.2) is 4.79 Å². The molecule has 37 heavy (non-hydrogen) atoms. The van der Waals surface area contributed by atoms with Crippen molar-refractivity contribution >= 4 is 28.8 Å². The molecule has 0 spiro atoms. The molecule has 4 amide bonds. The summed E-state index contributed by atoms with van der Waals surface area (Å²) in [7, 11) is 3.40. The monoisotopic (exact) mass is 500 g/mol. The first-order valence-electron chi connectivity index (χ1n) is 11.7. The summed E-state index contributed by atoms with van der Waals surface area (Å²) in [6.45, 7) is 4.05. The summed E-state index contributed by atoms with van der Waals surface area (Å²) in [5.41, 5.74) is 3.59. The fourth-order valence-corrected chi connectivity index (χ4v) is 5.16. The Balaban J connectivity index is 1.40. The number of nitrogens with zero attached hydrogens (tertiary/aromatic N) is 4. The van der Waals surface area contributed by atoms with Crippen LogP contribution < -0.4 is 15.4 Å². The van der Waals surface area contributed by atoms with Gasteiger partial charge in [0.25, 0.3) is 11.8 Å². The molecule has 188 valence electrons. The second-order valence-corrected chi connectivity index (χ2v) is 9.39. The summed E-state index contributed by atoms with van der Waals surface area (Å²) in [4.78, 5) is 44.8. The predicted octanol–water partition coefficient (Wildman–Crippen LogP) is 2.54. The van der Waals surface area contributed by atoms with E-state index in [0.717, 1.165) is 22.5 Å². The van der Waals surface area contributed by atoms with Crippen LogP contribution >= 0.6 is 0 Å².